The first-order valence-corrected chi connectivity index (χ1v) is 9.96. The summed E-state index contributed by atoms with van der Waals surface area (Å²) in [6, 6.07) is 17.1. The van der Waals surface area contributed by atoms with Crippen LogP contribution in [0, 0.1) is 0 Å². The fourth-order valence-corrected chi connectivity index (χ4v) is 2.91. The lowest BCUT2D eigenvalue weighted by molar-refractivity contribution is -0.124. The molecule has 3 aromatic rings. The van der Waals surface area contributed by atoms with Crippen molar-refractivity contribution in [3.63, 3.8) is 0 Å². The molecule has 3 rings (SSSR count). The number of carbonyl (C=O) groups is 3. The summed E-state index contributed by atoms with van der Waals surface area (Å²) in [5.74, 6) is -1.22. The highest BCUT2D eigenvalue weighted by molar-refractivity contribution is 6.02. The number of hydrogen-bond donors (Lipinski definition) is 2. The summed E-state index contributed by atoms with van der Waals surface area (Å²) in [5.41, 5.74) is 2.97. The lowest BCUT2D eigenvalue weighted by Gasteiger charge is -2.15. The Morgan fingerprint density at radius 3 is 2.32 bits per heavy atom. The minimum Gasteiger partial charge on any atom is -0.459 e. The molecule has 2 amide bonds. The second-order valence-corrected chi connectivity index (χ2v) is 6.97. The Kier molecular flexibility index (Phi) is 7.22. The number of benzene rings is 2. The summed E-state index contributed by atoms with van der Waals surface area (Å²) in [5, 5.41) is 5.47. The molecule has 0 saturated carbocycles. The molecule has 0 radical (unpaired) electrons. The lowest BCUT2D eigenvalue weighted by atomic mass is 10.1. The topological polar surface area (TPSA) is 97.6 Å². The maximum atomic E-state index is 12.2. The summed E-state index contributed by atoms with van der Waals surface area (Å²) in [6.45, 7) is 3.57. The summed E-state index contributed by atoms with van der Waals surface area (Å²) in [7, 11) is 0. The van der Waals surface area contributed by atoms with Crippen LogP contribution in [0.25, 0.3) is 0 Å². The van der Waals surface area contributed by atoms with Crippen molar-refractivity contribution in [2.24, 2.45) is 0 Å². The van der Waals surface area contributed by atoms with Crippen molar-refractivity contribution in [3.05, 3.63) is 89.4 Å². The largest absolute Gasteiger partial charge is 0.459 e. The van der Waals surface area contributed by atoms with Crippen LogP contribution in [0.3, 0.4) is 0 Å². The van der Waals surface area contributed by atoms with E-state index < -0.39 is 11.9 Å². The molecule has 31 heavy (non-hydrogen) atoms. The molecule has 2 aromatic carbocycles. The van der Waals surface area contributed by atoms with Crippen molar-refractivity contribution in [1.82, 2.24) is 5.32 Å². The first-order valence-electron chi connectivity index (χ1n) is 9.96. The first-order chi connectivity index (χ1) is 15.0. The molecule has 1 heterocycles. The quantitative estimate of drug-likeness (QED) is 0.534. The molecule has 0 fully saturated rings. The Hall–Kier alpha value is -3.87. The zero-order chi connectivity index (χ0) is 22.2. The molecule has 1 atom stereocenters. The van der Waals surface area contributed by atoms with Gasteiger partial charge in [0, 0.05) is 5.69 Å². The Labute approximate surface area is 180 Å². The highest BCUT2D eigenvalue weighted by Crippen LogP contribution is 2.15. The van der Waals surface area contributed by atoms with Crippen molar-refractivity contribution in [2.75, 3.05) is 11.9 Å². The van der Waals surface area contributed by atoms with E-state index in [0.29, 0.717) is 5.69 Å². The highest BCUT2D eigenvalue weighted by atomic mass is 16.5. The smallest absolute Gasteiger partial charge is 0.338 e. The first kappa shape index (κ1) is 21.8. The van der Waals surface area contributed by atoms with Crippen LogP contribution in [-0.2, 0) is 16.0 Å². The number of rotatable bonds is 8. The summed E-state index contributed by atoms with van der Waals surface area (Å²) in [6.07, 6.45) is 2.36. The van der Waals surface area contributed by atoms with Gasteiger partial charge in [0.05, 0.1) is 17.9 Å². The van der Waals surface area contributed by atoms with E-state index >= 15 is 0 Å². The molecule has 0 spiro atoms. The second-order valence-electron chi connectivity index (χ2n) is 6.97. The van der Waals surface area contributed by atoms with Gasteiger partial charge < -0.3 is 19.8 Å². The minimum atomic E-state index is -0.626. The van der Waals surface area contributed by atoms with E-state index in [2.05, 4.69) is 17.6 Å². The molecule has 0 aliphatic rings. The van der Waals surface area contributed by atoms with Crippen LogP contribution in [0.15, 0.2) is 71.3 Å². The van der Waals surface area contributed by atoms with Crippen molar-refractivity contribution in [2.45, 2.75) is 26.3 Å². The van der Waals surface area contributed by atoms with Gasteiger partial charge >= 0.3 is 5.97 Å². The van der Waals surface area contributed by atoms with Gasteiger partial charge in [-0.25, -0.2) is 4.79 Å². The summed E-state index contributed by atoms with van der Waals surface area (Å²) >= 11 is 0. The fourth-order valence-electron chi connectivity index (χ4n) is 2.91. The number of esters is 1. The molecule has 7 nitrogen and oxygen atoms in total. The highest BCUT2D eigenvalue weighted by Gasteiger charge is 2.14. The number of anilines is 1. The number of carbonyl (C=O) groups excluding carboxylic acids is 3. The number of hydrogen-bond acceptors (Lipinski definition) is 5. The lowest BCUT2D eigenvalue weighted by Crippen LogP contribution is -2.31. The maximum absolute atomic E-state index is 12.2. The van der Waals surface area contributed by atoms with Gasteiger partial charge in [0.25, 0.3) is 11.8 Å². The van der Waals surface area contributed by atoms with Crippen molar-refractivity contribution < 1.29 is 23.5 Å². The molecular weight excluding hydrogens is 396 g/mol. The fraction of sp³-hybridized carbons (Fsp3) is 0.208. The van der Waals surface area contributed by atoms with E-state index in [1.54, 1.807) is 24.3 Å². The molecule has 7 heteroatoms. The molecule has 0 bridgehead atoms. The van der Waals surface area contributed by atoms with Gasteiger partial charge in [-0.2, -0.15) is 0 Å². The SMILES string of the molecule is CCc1ccc(C(C)NC(=O)COC(=O)c2ccc(NC(=O)c3ccco3)cc2)cc1. The predicted octanol–water partition coefficient (Wildman–Crippen LogP) is 4.13. The monoisotopic (exact) mass is 420 g/mol. The van der Waals surface area contributed by atoms with E-state index in [9.17, 15) is 14.4 Å². The molecule has 1 aromatic heterocycles. The Bertz CT molecular complexity index is 1020. The van der Waals surface area contributed by atoms with E-state index in [1.165, 1.54) is 24.0 Å². The van der Waals surface area contributed by atoms with E-state index in [4.69, 9.17) is 9.15 Å². The second kappa shape index (κ2) is 10.2. The third-order valence-corrected chi connectivity index (χ3v) is 4.72. The number of aryl methyl sites for hydroxylation is 1. The van der Waals surface area contributed by atoms with Gasteiger partial charge in [0.1, 0.15) is 0 Å². The number of ether oxygens (including phenoxy) is 1. The third-order valence-electron chi connectivity index (χ3n) is 4.72. The Morgan fingerprint density at radius 1 is 1.00 bits per heavy atom. The van der Waals surface area contributed by atoms with E-state index in [1.807, 2.05) is 31.2 Å². The Balaban J connectivity index is 1.47. The van der Waals surface area contributed by atoms with Crippen LogP contribution in [0.5, 0.6) is 0 Å². The Morgan fingerprint density at radius 2 is 1.71 bits per heavy atom. The molecular formula is C24H24N2O5. The van der Waals surface area contributed by atoms with Crippen LogP contribution in [-0.4, -0.2) is 24.4 Å². The van der Waals surface area contributed by atoms with Crippen molar-refractivity contribution in [3.8, 4) is 0 Å². The van der Waals surface area contributed by atoms with Gasteiger partial charge in [-0.05, 0) is 60.9 Å². The normalized spacial score (nSPS) is 11.4. The maximum Gasteiger partial charge on any atom is 0.338 e. The zero-order valence-electron chi connectivity index (χ0n) is 17.4. The molecule has 0 saturated heterocycles. The van der Waals surface area contributed by atoms with Crippen LogP contribution in [0.4, 0.5) is 5.69 Å². The summed E-state index contributed by atoms with van der Waals surface area (Å²) < 4.78 is 10.1. The van der Waals surface area contributed by atoms with E-state index in [0.717, 1.165) is 12.0 Å². The van der Waals surface area contributed by atoms with Gasteiger partial charge in [-0.15, -0.1) is 0 Å². The molecule has 0 aliphatic carbocycles. The average Bonchev–Trinajstić information content (AvgIpc) is 3.33. The van der Waals surface area contributed by atoms with Crippen LogP contribution < -0.4 is 10.6 Å². The van der Waals surface area contributed by atoms with E-state index in [-0.39, 0.29) is 29.9 Å². The van der Waals surface area contributed by atoms with Crippen molar-refractivity contribution >= 4 is 23.5 Å². The van der Waals surface area contributed by atoms with Gasteiger partial charge in [-0.1, -0.05) is 31.2 Å². The van der Waals surface area contributed by atoms with Gasteiger partial charge in [0.2, 0.25) is 0 Å². The molecule has 1 unspecified atom stereocenters. The average molecular weight is 420 g/mol. The van der Waals surface area contributed by atoms with Crippen LogP contribution in [0.1, 0.15) is 51.9 Å². The van der Waals surface area contributed by atoms with Crippen LogP contribution >= 0.6 is 0 Å². The predicted molar refractivity (Wildman–Crippen MR) is 116 cm³/mol. The molecule has 2 N–H and O–H groups in total. The van der Waals surface area contributed by atoms with Gasteiger partial charge in [0.15, 0.2) is 12.4 Å². The number of furan rings is 1. The van der Waals surface area contributed by atoms with Gasteiger partial charge in [-0.3, -0.25) is 9.59 Å². The third kappa shape index (κ3) is 6.05. The number of nitrogens with one attached hydrogen (secondary N) is 2. The minimum absolute atomic E-state index is 0.185. The molecule has 160 valence electrons. The zero-order valence-corrected chi connectivity index (χ0v) is 17.4. The van der Waals surface area contributed by atoms with Crippen molar-refractivity contribution in [1.29, 1.82) is 0 Å². The number of amides is 2. The van der Waals surface area contributed by atoms with Crippen LogP contribution in [0.2, 0.25) is 0 Å². The standard InChI is InChI=1S/C24H24N2O5/c1-3-17-6-8-18(9-7-17)16(2)25-22(27)15-31-24(29)19-10-12-20(13-11-19)26-23(28)21-5-4-14-30-21/h4-14,16H,3,15H2,1-2H3,(H,25,27)(H,26,28). The molecule has 0 aliphatic heterocycles. The summed E-state index contributed by atoms with van der Waals surface area (Å²) in [4.78, 5) is 36.3.